The number of hydrogen-bond donors (Lipinski definition) is 0. The van der Waals surface area contributed by atoms with Gasteiger partial charge in [0.15, 0.2) is 5.78 Å². The number of allylic oxidation sites excluding steroid dienone is 1. The summed E-state index contributed by atoms with van der Waals surface area (Å²) in [5.41, 5.74) is 0.274. The van der Waals surface area contributed by atoms with Gasteiger partial charge in [-0.25, -0.2) is 0 Å². The number of non-ortho nitro benzene ring substituents is 1. The fourth-order valence-corrected chi connectivity index (χ4v) is 5.72. The van der Waals surface area contributed by atoms with Crippen molar-refractivity contribution < 1.29 is 9.72 Å². The van der Waals surface area contributed by atoms with Crippen LogP contribution < -0.4 is 0 Å². The maximum atomic E-state index is 13.2. The molecule has 5 rings (SSSR count). The predicted octanol–water partition coefficient (Wildman–Crippen LogP) is 4.29. The van der Waals surface area contributed by atoms with Crippen molar-refractivity contribution >= 4 is 17.5 Å². The summed E-state index contributed by atoms with van der Waals surface area (Å²) in [4.78, 5) is 23.7. The number of nitriles is 1. The number of carbonyl (C=O) groups excluding carboxylic acids is 1. The average molecular weight is 336 g/mol. The average Bonchev–Trinajstić information content (AvgIpc) is 2.58. The number of carbonyl (C=O) groups is 1. The molecule has 4 aliphatic carbocycles. The van der Waals surface area contributed by atoms with Crippen molar-refractivity contribution in [3.8, 4) is 6.07 Å². The topological polar surface area (TPSA) is 84.0 Å². The van der Waals surface area contributed by atoms with Crippen molar-refractivity contribution in [1.29, 1.82) is 5.26 Å². The summed E-state index contributed by atoms with van der Waals surface area (Å²) in [5, 5.41) is 20.5. The van der Waals surface area contributed by atoms with Crippen LogP contribution in [-0.2, 0) is 4.79 Å². The third-order valence-corrected chi connectivity index (χ3v) is 6.28. The Hall–Kier alpha value is -2.48. The minimum Gasteiger partial charge on any atom is -0.293 e. The van der Waals surface area contributed by atoms with E-state index in [1.165, 1.54) is 37.5 Å². The van der Waals surface area contributed by atoms with Crippen molar-refractivity contribution in [2.45, 2.75) is 38.5 Å². The van der Waals surface area contributed by atoms with Crippen molar-refractivity contribution in [3.05, 3.63) is 45.5 Å². The molecule has 4 saturated carbocycles. The second kappa shape index (κ2) is 5.80. The highest BCUT2D eigenvalue weighted by Crippen LogP contribution is 2.60. The van der Waals surface area contributed by atoms with Gasteiger partial charge in [-0.15, -0.1) is 0 Å². The first-order valence-corrected chi connectivity index (χ1v) is 8.90. The fraction of sp³-hybridized carbons (Fsp3) is 0.500. The van der Waals surface area contributed by atoms with Gasteiger partial charge < -0.3 is 0 Å². The lowest BCUT2D eigenvalue weighted by Gasteiger charge is -2.55. The number of nitro benzene ring substituents is 1. The van der Waals surface area contributed by atoms with E-state index >= 15 is 0 Å². The molecular weight excluding hydrogens is 316 g/mol. The van der Waals surface area contributed by atoms with E-state index in [0.717, 1.165) is 19.3 Å². The number of hydrogen-bond acceptors (Lipinski definition) is 4. The van der Waals surface area contributed by atoms with E-state index in [1.807, 2.05) is 0 Å². The number of nitro groups is 1. The first-order chi connectivity index (χ1) is 12.0. The van der Waals surface area contributed by atoms with Crippen LogP contribution in [0.15, 0.2) is 29.8 Å². The second-order valence-electron chi connectivity index (χ2n) is 8.05. The monoisotopic (exact) mass is 336 g/mol. The van der Waals surface area contributed by atoms with Crippen LogP contribution in [-0.4, -0.2) is 10.7 Å². The van der Waals surface area contributed by atoms with E-state index in [1.54, 1.807) is 12.1 Å². The van der Waals surface area contributed by atoms with Crippen LogP contribution in [0.2, 0.25) is 0 Å². The maximum Gasteiger partial charge on any atom is 0.270 e. The molecule has 4 bridgehead atoms. The molecule has 1 aromatic carbocycles. The van der Waals surface area contributed by atoms with Crippen LogP contribution in [0.25, 0.3) is 6.08 Å². The van der Waals surface area contributed by atoms with E-state index in [9.17, 15) is 20.2 Å². The first kappa shape index (κ1) is 16.0. The van der Waals surface area contributed by atoms with E-state index in [4.69, 9.17) is 0 Å². The van der Waals surface area contributed by atoms with Gasteiger partial charge in [0.2, 0.25) is 0 Å². The summed E-state index contributed by atoms with van der Waals surface area (Å²) in [6.07, 6.45) is 7.96. The largest absolute Gasteiger partial charge is 0.293 e. The van der Waals surface area contributed by atoms with Crippen molar-refractivity contribution in [2.24, 2.45) is 23.2 Å². The first-order valence-electron chi connectivity index (χ1n) is 8.90. The van der Waals surface area contributed by atoms with Crippen molar-refractivity contribution in [1.82, 2.24) is 0 Å². The van der Waals surface area contributed by atoms with E-state index < -0.39 is 4.92 Å². The molecule has 0 aliphatic heterocycles. The van der Waals surface area contributed by atoms with E-state index in [-0.39, 0.29) is 22.5 Å². The minimum atomic E-state index is -0.468. The Morgan fingerprint density at radius 2 is 1.80 bits per heavy atom. The fourth-order valence-electron chi connectivity index (χ4n) is 5.72. The minimum absolute atomic E-state index is 0.0340. The summed E-state index contributed by atoms with van der Waals surface area (Å²) < 4.78 is 0. The summed E-state index contributed by atoms with van der Waals surface area (Å²) in [6, 6.07) is 8.15. The lowest BCUT2D eigenvalue weighted by atomic mass is 9.48. The highest BCUT2D eigenvalue weighted by molar-refractivity contribution is 6.07. The third kappa shape index (κ3) is 2.76. The van der Waals surface area contributed by atoms with Crippen LogP contribution >= 0.6 is 0 Å². The molecule has 0 unspecified atom stereocenters. The Morgan fingerprint density at radius 3 is 2.32 bits per heavy atom. The van der Waals surface area contributed by atoms with E-state index in [0.29, 0.717) is 23.3 Å². The van der Waals surface area contributed by atoms with Crippen LogP contribution in [0.4, 0.5) is 5.69 Å². The van der Waals surface area contributed by atoms with Gasteiger partial charge in [0.1, 0.15) is 6.07 Å². The summed E-state index contributed by atoms with van der Waals surface area (Å²) in [7, 11) is 0. The summed E-state index contributed by atoms with van der Waals surface area (Å²) >= 11 is 0. The molecule has 0 amide bonds. The van der Waals surface area contributed by atoms with Gasteiger partial charge in [0.25, 0.3) is 5.69 Å². The Morgan fingerprint density at radius 1 is 1.20 bits per heavy atom. The maximum absolute atomic E-state index is 13.2. The molecule has 25 heavy (non-hydrogen) atoms. The number of benzene rings is 1. The molecule has 0 spiro atoms. The van der Waals surface area contributed by atoms with E-state index in [2.05, 4.69) is 6.07 Å². The second-order valence-corrected chi connectivity index (χ2v) is 8.05. The number of nitrogens with zero attached hydrogens (tertiary/aromatic N) is 2. The van der Waals surface area contributed by atoms with Gasteiger partial charge in [0.05, 0.1) is 10.5 Å². The molecule has 0 aromatic heterocycles. The number of rotatable bonds is 4. The molecule has 1 aromatic rings. The molecule has 5 heteroatoms. The Kier molecular flexibility index (Phi) is 3.72. The molecular formula is C20H20N2O3. The zero-order chi connectivity index (χ0) is 17.6. The molecule has 0 N–H and O–H groups in total. The number of ketones is 1. The van der Waals surface area contributed by atoms with Crippen LogP contribution in [0.5, 0.6) is 0 Å². The zero-order valence-electron chi connectivity index (χ0n) is 14.0. The lowest BCUT2D eigenvalue weighted by Crippen LogP contribution is -2.50. The normalized spacial score (nSPS) is 33.1. The number of Topliss-reactive ketones (excluding diaryl/α,β-unsaturated/α-hetero) is 1. The SMILES string of the molecule is N#C/C(=C\c1cccc([N+](=O)[O-])c1)C(=O)C12CC3CC(CC(C3)C1)C2. The molecule has 4 aliphatic rings. The van der Waals surface area contributed by atoms with Crippen molar-refractivity contribution in [3.63, 3.8) is 0 Å². The van der Waals surface area contributed by atoms with Gasteiger partial charge in [0, 0.05) is 17.5 Å². The third-order valence-electron chi connectivity index (χ3n) is 6.28. The Bertz CT molecular complexity index is 783. The molecule has 0 heterocycles. The van der Waals surface area contributed by atoms with Gasteiger partial charge >= 0.3 is 0 Å². The van der Waals surface area contributed by atoms with Crippen LogP contribution in [0, 0.1) is 44.6 Å². The molecule has 128 valence electrons. The van der Waals surface area contributed by atoms with Crippen molar-refractivity contribution in [2.75, 3.05) is 0 Å². The van der Waals surface area contributed by atoms with Gasteiger partial charge in [-0.05, 0) is 67.9 Å². The van der Waals surface area contributed by atoms with Gasteiger partial charge in [-0.2, -0.15) is 5.26 Å². The Balaban J connectivity index is 1.65. The molecule has 4 fully saturated rings. The molecule has 5 nitrogen and oxygen atoms in total. The summed E-state index contributed by atoms with van der Waals surface area (Å²) in [5.74, 6) is 1.86. The molecule has 0 radical (unpaired) electrons. The van der Waals surface area contributed by atoms with Crippen LogP contribution in [0.1, 0.15) is 44.1 Å². The van der Waals surface area contributed by atoms with Gasteiger partial charge in [-0.1, -0.05) is 12.1 Å². The quantitative estimate of drug-likeness (QED) is 0.355. The van der Waals surface area contributed by atoms with Gasteiger partial charge in [-0.3, -0.25) is 14.9 Å². The highest BCUT2D eigenvalue weighted by atomic mass is 16.6. The molecule has 0 atom stereocenters. The standard InChI is InChI=1S/C20H20N2O3/c21-12-17(7-13-2-1-3-18(8-13)22(24)25)19(23)20-9-14-4-15(10-20)6-16(5-14)11-20/h1-3,7-8,14-16H,4-6,9-11H2/b17-7+. The Labute approximate surface area is 146 Å². The summed E-state index contributed by atoms with van der Waals surface area (Å²) in [6.45, 7) is 0. The predicted molar refractivity (Wildman–Crippen MR) is 92.3 cm³/mol. The smallest absolute Gasteiger partial charge is 0.270 e. The lowest BCUT2D eigenvalue weighted by molar-refractivity contribution is -0.384. The van der Waals surface area contributed by atoms with Crippen LogP contribution in [0.3, 0.4) is 0 Å². The highest BCUT2D eigenvalue weighted by Gasteiger charge is 2.54. The zero-order valence-corrected chi connectivity index (χ0v) is 14.0. The molecule has 0 saturated heterocycles.